The molecule has 0 aromatic heterocycles. The Morgan fingerprint density at radius 2 is 1.37 bits per heavy atom. The minimum atomic E-state index is 0.787. The van der Waals surface area contributed by atoms with E-state index in [4.69, 9.17) is 9.47 Å². The van der Waals surface area contributed by atoms with E-state index in [2.05, 4.69) is 6.92 Å². The number of para-hydroxylation sites is 2. The molecule has 2 nitrogen and oxygen atoms in total. The average Bonchev–Trinajstić information content (AvgIpc) is 2.46. The third-order valence-electron chi connectivity index (χ3n) is 3.32. The lowest BCUT2D eigenvalue weighted by Gasteiger charge is -2.10. The van der Waals surface area contributed by atoms with Crippen LogP contribution in [0, 0.1) is 0 Å². The van der Waals surface area contributed by atoms with Gasteiger partial charge in [-0.3, -0.25) is 0 Å². The molecule has 0 atom stereocenters. The van der Waals surface area contributed by atoms with E-state index in [0.717, 1.165) is 24.5 Å². The van der Waals surface area contributed by atoms with Gasteiger partial charge in [0.15, 0.2) is 11.5 Å². The van der Waals surface area contributed by atoms with E-state index >= 15 is 0 Å². The predicted molar refractivity (Wildman–Crippen MR) is 81.1 cm³/mol. The van der Waals surface area contributed by atoms with E-state index in [1.54, 1.807) is 7.11 Å². The van der Waals surface area contributed by atoms with Gasteiger partial charge in [0.25, 0.3) is 0 Å². The second kappa shape index (κ2) is 10.7. The van der Waals surface area contributed by atoms with Gasteiger partial charge >= 0.3 is 0 Å². The Bertz CT molecular complexity index is 323. The second-order valence-corrected chi connectivity index (χ2v) is 4.97. The summed E-state index contributed by atoms with van der Waals surface area (Å²) in [5.41, 5.74) is 0. The smallest absolute Gasteiger partial charge is 0.161 e. The molecule has 19 heavy (non-hydrogen) atoms. The molecular formula is C17H28O2. The lowest BCUT2D eigenvalue weighted by atomic mass is 10.1. The van der Waals surface area contributed by atoms with Gasteiger partial charge in [0, 0.05) is 0 Å². The zero-order valence-corrected chi connectivity index (χ0v) is 12.5. The molecule has 0 N–H and O–H groups in total. The number of hydrogen-bond donors (Lipinski definition) is 0. The van der Waals surface area contributed by atoms with Gasteiger partial charge in [-0.05, 0) is 18.6 Å². The van der Waals surface area contributed by atoms with Crippen molar-refractivity contribution in [2.75, 3.05) is 13.7 Å². The zero-order chi connectivity index (χ0) is 13.8. The lowest BCUT2D eigenvalue weighted by molar-refractivity contribution is 0.284. The van der Waals surface area contributed by atoms with Gasteiger partial charge < -0.3 is 9.47 Å². The summed E-state index contributed by atoms with van der Waals surface area (Å²) < 4.78 is 11.0. The maximum atomic E-state index is 5.75. The number of unbranched alkanes of at least 4 members (excludes halogenated alkanes) is 7. The van der Waals surface area contributed by atoms with Gasteiger partial charge in [0.2, 0.25) is 0 Å². The van der Waals surface area contributed by atoms with Crippen molar-refractivity contribution in [2.24, 2.45) is 0 Å². The van der Waals surface area contributed by atoms with Crippen molar-refractivity contribution in [1.29, 1.82) is 0 Å². The third kappa shape index (κ3) is 7.09. The Hall–Kier alpha value is -1.18. The molecule has 2 heteroatoms. The summed E-state index contributed by atoms with van der Waals surface area (Å²) in [7, 11) is 1.68. The molecule has 1 aromatic rings. The van der Waals surface area contributed by atoms with Gasteiger partial charge in [-0.1, -0.05) is 64.0 Å². The number of ether oxygens (including phenoxy) is 2. The monoisotopic (exact) mass is 264 g/mol. The Kier molecular flexibility index (Phi) is 8.95. The van der Waals surface area contributed by atoms with Gasteiger partial charge in [0.1, 0.15) is 0 Å². The fourth-order valence-corrected chi connectivity index (χ4v) is 2.16. The summed E-state index contributed by atoms with van der Waals surface area (Å²) in [5, 5.41) is 0. The summed E-state index contributed by atoms with van der Waals surface area (Å²) >= 11 is 0. The van der Waals surface area contributed by atoms with Crippen molar-refractivity contribution < 1.29 is 9.47 Å². The average molecular weight is 264 g/mol. The Labute approximate surface area is 118 Å². The van der Waals surface area contributed by atoms with Crippen LogP contribution in [0.5, 0.6) is 11.5 Å². The lowest BCUT2D eigenvalue weighted by Crippen LogP contribution is -1.99. The van der Waals surface area contributed by atoms with E-state index < -0.39 is 0 Å². The molecule has 0 fully saturated rings. The Balaban J connectivity index is 2.01. The summed E-state index contributed by atoms with van der Waals surface area (Å²) in [6.07, 6.45) is 10.6. The van der Waals surface area contributed by atoms with Gasteiger partial charge in [-0.2, -0.15) is 0 Å². The fourth-order valence-electron chi connectivity index (χ4n) is 2.16. The van der Waals surface area contributed by atoms with Crippen molar-refractivity contribution in [3.05, 3.63) is 24.3 Å². The first kappa shape index (κ1) is 15.9. The van der Waals surface area contributed by atoms with Crippen LogP contribution >= 0.6 is 0 Å². The zero-order valence-electron chi connectivity index (χ0n) is 12.5. The van der Waals surface area contributed by atoms with Crippen molar-refractivity contribution >= 4 is 0 Å². The Morgan fingerprint density at radius 3 is 2.00 bits per heavy atom. The molecule has 0 radical (unpaired) electrons. The first-order valence-corrected chi connectivity index (χ1v) is 7.64. The summed E-state index contributed by atoms with van der Waals surface area (Å²) in [4.78, 5) is 0. The van der Waals surface area contributed by atoms with Crippen LogP contribution in [0.3, 0.4) is 0 Å². The summed E-state index contributed by atoms with van der Waals surface area (Å²) in [6, 6.07) is 7.83. The molecule has 0 saturated heterocycles. The predicted octanol–water partition coefficient (Wildman–Crippen LogP) is 5.21. The molecule has 0 heterocycles. The molecule has 0 saturated carbocycles. The highest BCUT2D eigenvalue weighted by Gasteiger charge is 2.01. The number of rotatable bonds is 11. The van der Waals surface area contributed by atoms with Crippen LogP contribution in [0.4, 0.5) is 0 Å². The molecule has 0 unspecified atom stereocenters. The Morgan fingerprint density at radius 1 is 0.789 bits per heavy atom. The standard InChI is InChI=1S/C17H28O2/c1-3-4-5-6-7-8-9-12-15-19-17-14-11-10-13-16(17)18-2/h10-11,13-14H,3-9,12,15H2,1-2H3. The van der Waals surface area contributed by atoms with Crippen LogP contribution in [0.1, 0.15) is 58.3 Å². The number of methoxy groups -OCH3 is 1. The molecular weight excluding hydrogens is 236 g/mol. The molecule has 0 aliphatic rings. The van der Waals surface area contributed by atoms with Crippen LogP contribution < -0.4 is 9.47 Å². The molecule has 0 aliphatic heterocycles. The minimum Gasteiger partial charge on any atom is -0.493 e. The van der Waals surface area contributed by atoms with Crippen LogP contribution in [0.15, 0.2) is 24.3 Å². The van der Waals surface area contributed by atoms with Crippen molar-refractivity contribution in [3.63, 3.8) is 0 Å². The maximum absolute atomic E-state index is 5.75. The van der Waals surface area contributed by atoms with Crippen molar-refractivity contribution in [1.82, 2.24) is 0 Å². The molecule has 1 rings (SSSR count). The van der Waals surface area contributed by atoms with Gasteiger partial charge in [-0.15, -0.1) is 0 Å². The topological polar surface area (TPSA) is 18.5 Å². The third-order valence-corrected chi connectivity index (χ3v) is 3.32. The molecule has 0 bridgehead atoms. The van der Waals surface area contributed by atoms with Crippen LogP contribution in [-0.2, 0) is 0 Å². The van der Waals surface area contributed by atoms with E-state index in [0.29, 0.717) is 0 Å². The highest BCUT2D eigenvalue weighted by atomic mass is 16.5. The quantitative estimate of drug-likeness (QED) is 0.510. The van der Waals surface area contributed by atoms with E-state index in [9.17, 15) is 0 Å². The molecule has 1 aromatic carbocycles. The normalized spacial score (nSPS) is 10.4. The van der Waals surface area contributed by atoms with Crippen molar-refractivity contribution in [3.8, 4) is 11.5 Å². The summed E-state index contributed by atoms with van der Waals surface area (Å²) in [6.45, 7) is 3.05. The first-order chi connectivity index (χ1) is 9.38. The molecule has 0 amide bonds. The maximum Gasteiger partial charge on any atom is 0.161 e. The summed E-state index contributed by atoms with van der Waals surface area (Å²) in [5.74, 6) is 1.68. The molecule has 0 spiro atoms. The highest BCUT2D eigenvalue weighted by molar-refractivity contribution is 5.39. The van der Waals surface area contributed by atoms with Crippen molar-refractivity contribution in [2.45, 2.75) is 58.3 Å². The molecule has 0 aliphatic carbocycles. The van der Waals surface area contributed by atoms with Crippen LogP contribution in [-0.4, -0.2) is 13.7 Å². The fraction of sp³-hybridized carbons (Fsp3) is 0.647. The van der Waals surface area contributed by atoms with E-state index in [1.807, 2.05) is 24.3 Å². The van der Waals surface area contributed by atoms with Crippen LogP contribution in [0.2, 0.25) is 0 Å². The largest absolute Gasteiger partial charge is 0.493 e. The number of hydrogen-bond acceptors (Lipinski definition) is 2. The number of benzene rings is 1. The van der Waals surface area contributed by atoms with Crippen LogP contribution in [0.25, 0.3) is 0 Å². The van der Waals surface area contributed by atoms with E-state index in [-0.39, 0.29) is 0 Å². The highest BCUT2D eigenvalue weighted by Crippen LogP contribution is 2.25. The first-order valence-electron chi connectivity index (χ1n) is 7.64. The van der Waals surface area contributed by atoms with Gasteiger partial charge in [-0.25, -0.2) is 0 Å². The SMILES string of the molecule is CCCCCCCCCCOc1ccccc1OC. The second-order valence-electron chi connectivity index (χ2n) is 4.97. The molecule has 108 valence electrons. The van der Waals surface area contributed by atoms with E-state index in [1.165, 1.54) is 44.9 Å². The van der Waals surface area contributed by atoms with Gasteiger partial charge in [0.05, 0.1) is 13.7 Å². The minimum absolute atomic E-state index is 0.787.